The zero-order chi connectivity index (χ0) is 13.2. The molecule has 8 nitrogen and oxygen atoms in total. The largest absolute Gasteiger partial charge is 0.440 e. The van der Waals surface area contributed by atoms with E-state index in [4.69, 9.17) is 4.42 Å². The number of aryl methyl sites for hydroxylation is 1. The number of sulfonamides is 1. The second-order valence-corrected chi connectivity index (χ2v) is 5.16. The number of hydrogen-bond donors (Lipinski definition) is 1. The summed E-state index contributed by atoms with van der Waals surface area (Å²) in [5, 5.41) is 7.04. The van der Waals surface area contributed by atoms with Gasteiger partial charge in [0, 0.05) is 7.05 Å². The SMILES string of the molecule is Cn1cnnc1CNS(=O)(=O)c1ccc(C=O)o1. The van der Waals surface area contributed by atoms with Crippen LogP contribution >= 0.6 is 0 Å². The van der Waals surface area contributed by atoms with Gasteiger partial charge in [0.2, 0.25) is 5.09 Å². The third-order valence-electron chi connectivity index (χ3n) is 2.21. The number of rotatable bonds is 5. The fourth-order valence-corrected chi connectivity index (χ4v) is 2.15. The van der Waals surface area contributed by atoms with Crippen LogP contribution in [-0.4, -0.2) is 29.5 Å². The highest BCUT2D eigenvalue weighted by Crippen LogP contribution is 2.12. The average molecular weight is 270 g/mol. The van der Waals surface area contributed by atoms with Crippen molar-refractivity contribution in [3.8, 4) is 0 Å². The molecule has 2 rings (SSSR count). The first-order valence-electron chi connectivity index (χ1n) is 4.90. The van der Waals surface area contributed by atoms with E-state index in [0.29, 0.717) is 12.1 Å². The Morgan fingerprint density at radius 2 is 2.28 bits per heavy atom. The van der Waals surface area contributed by atoms with Crippen molar-refractivity contribution in [2.75, 3.05) is 0 Å². The molecule has 0 saturated carbocycles. The van der Waals surface area contributed by atoms with Crippen molar-refractivity contribution in [3.63, 3.8) is 0 Å². The minimum absolute atomic E-state index is 0.0179. The van der Waals surface area contributed by atoms with E-state index in [1.54, 1.807) is 11.6 Å². The van der Waals surface area contributed by atoms with Gasteiger partial charge in [-0.05, 0) is 12.1 Å². The minimum Gasteiger partial charge on any atom is -0.440 e. The van der Waals surface area contributed by atoms with Crippen molar-refractivity contribution in [3.05, 3.63) is 30.0 Å². The smallest absolute Gasteiger partial charge is 0.274 e. The molecule has 0 unspecified atom stereocenters. The van der Waals surface area contributed by atoms with Gasteiger partial charge < -0.3 is 8.98 Å². The molecule has 0 aliphatic heterocycles. The fraction of sp³-hybridized carbons (Fsp3) is 0.222. The quantitative estimate of drug-likeness (QED) is 0.747. The summed E-state index contributed by atoms with van der Waals surface area (Å²) in [7, 11) is -2.10. The molecule has 0 aromatic carbocycles. The normalized spacial score (nSPS) is 11.6. The first-order valence-corrected chi connectivity index (χ1v) is 6.39. The maximum Gasteiger partial charge on any atom is 0.274 e. The molecule has 0 saturated heterocycles. The van der Waals surface area contributed by atoms with E-state index in [-0.39, 0.29) is 17.4 Å². The Kier molecular flexibility index (Phi) is 3.26. The van der Waals surface area contributed by atoms with Crippen LogP contribution in [0.25, 0.3) is 0 Å². The number of aldehydes is 1. The molecule has 2 aromatic rings. The Hall–Kier alpha value is -2.00. The van der Waals surface area contributed by atoms with Crippen molar-refractivity contribution in [2.45, 2.75) is 11.6 Å². The van der Waals surface area contributed by atoms with Crippen LogP contribution in [0.1, 0.15) is 16.4 Å². The second kappa shape index (κ2) is 4.70. The molecule has 2 heterocycles. The number of carbonyl (C=O) groups is 1. The molecule has 0 fully saturated rings. The predicted molar refractivity (Wildman–Crippen MR) is 59.1 cm³/mol. The van der Waals surface area contributed by atoms with E-state index in [0.717, 1.165) is 0 Å². The van der Waals surface area contributed by atoms with E-state index in [9.17, 15) is 13.2 Å². The summed E-state index contributed by atoms with van der Waals surface area (Å²) in [4.78, 5) is 10.4. The van der Waals surface area contributed by atoms with Gasteiger partial charge in [-0.1, -0.05) is 0 Å². The van der Waals surface area contributed by atoms with Crippen LogP contribution in [0.2, 0.25) is 0 Å². The van der Waals surface area contributed by atoms with Gasteiger partial charge in [0.15, 0.2) is 12.0 Å². The number of nitrogens with one attached hydrogen (secondary N) is 1. The van der Waals surface area contributed by atoms with Gasteiger partial charge in [-0.25, -0.2) is 13.1 Å². The van der Waals surface area contributed by atoms with Crippen molar-refractivity contribution >= 4 is 16.3 Å². The zero-order valence-corrected chi connectivity index (χ0v) is 10.2. The molecule has 0 amide bonds. The summed E-state index contributed by atoms with van der Waals surface area (Å²) in [5.41, 5.74) is 0. The van der Waals surface area contributed by atoms with Crippen molar-refractivity contribution in [1.82, 2.24) is 19.5 Å². The third kappa shape index (κ3) is 2.46. The molecule has 0 aliphatic carbocycles. The zero-order valence-electron chi connectivity index (χ0n) is 9.40. The summed E-state index contributed by atoms with van der Waals surface area (Å²) in [5.74, 6) is 0.412. The standard InChI is InChI=1S/C9H10N4O4S/c1-13-6-10-12-8(13)4-11-18(15,16)9-3-2-7(5-14)17-9/h2-3,5-6,11H,4H2,1H3. The minimum atomic E-state index is -3.80. The Balaban J connectivity index is 2.12. The molecule has 1 N–H and O–H groups in total. The Morgan fingerprint density at radius 1 is 1.50 bits per heavy atom. The second-order valence-electron chi connectivity index (χ2n) is 3.46. The average Bonchev–Trinajstić information content (AvgIpc) is 2.95. The van der Waals surface area contributed by atoms with Crippen LogP contribution in [0, 0.1) is 0 Å². The number of hydrogen-bond acceptors (Lipinski definition) is 6. The van der Waals surface area contributed by atoms with Crippen LogP contribution in [0.4, 0.5) is 0 Å². The molecule has 9 heteroatoms. The van der Waals surface area contributed by atoms with Crippen LogP contribution in [-0.2, 0) is 23.6 Å². The lowest BCUT2D eigenvalue weighted by molar-refractivity contribution is 0.109. The summed E-state index contributed by atoms with van der Waals surface area (Å²) in [6.07, 6.45) is 1.89. The van der Waals surface area contributed by atoms with Gasteiger partial charge in [-0.2, -0.15) is 0 Å². The first kappa shape index (κ1) is 12.5. The summed E-state index contributed by atoms with van der Waals surface area (Å²) in [6.45, 7) is -0.0179. The molecule has 0 aliphatic rings. The molecular weight excluding hydrogens is 260 g/mol. The molecule has 18 heavy (non-hydrogen) atoms. The van der Waals surface area contributed by atoms with Gasteiger partial charge >= 0.3 is 0 Å². The van der Waals surface area contributed by atoms with Gasteiger partial charge in [0.1, 0.15) is 12.2 Å². The summed E-state index contributed by atoms with van der Waals surface area (Å²) >= 11 is 0. The van der Waals surface area contributed by atoms with Crippen molar-refractivity contribution in [1.29, 1.82) is 0 Å². The third-order valence-corrected chi connectivity index (χ3v) is 3.48. The number of nitrogens with zero attached hydrogens (tertiary/aromatic N) is 3. The van der Waals surface area contributed by atoms with Gasteiger partial charge in [-0.15, -0.1) is 10.2 Å². The Labute approximate surface area is 103 Å². The van der Waals surface area contributed by atoms with Crippen LogP contribution < -0.4 is 4.72 Å². The van der Waals surface area contributed by atoms with Crippen molar-refractivity contribution < 1.29 is 17.6 Å². The van der Waals surface area contributed by atoms with Crippen LogP contribution in [0.3, 0.4) is 0 Å². The van der Waals surface area contributed by atoms with Crippen molar-refractivity contribution in [2.24, 2.45) is 7.05 Å². The molecule has 0 radical (unpaired) electrons. The topological polar surface area (TPSA) is 107 Å². The molecule has 0 spiro atoms. The summed E-state index contributed by atoms with van der Waals surface area (Å²) < 4.78 is 32.3. The van der Waals surface area contributed by atoms with E-state index in [1.807, 2.05) is 0 Å². The van der Waals surface area contributed by atoms with Crippen LogP contribution in [0.5, 0.6) is 0 Å². The van der Waals surface area contributed by atoms with E-state index < -0.39 is 10.0 Å². The lowest BCUT2D eigenvalue weighted by atomic mass is 10.5. The predicted octanol–water partition coefficient (Wildman–Crippen LogP) is -0.301. The molecule has 0 atom stereocenters. The highest BCUT2D eigenvalue weighted by molar-refractivity contribution is 7.89. The maximum atomic E-state index is 11.8. The monoisotopic (exact) mass is 270 g/mol. The maximum absolute atomic E-state index is 11.8. The highest BCUT2D eigenvalue weighted by Gasteiger charge is 2.19. The molecular formula is C9H10N4O4S. The molecule has 96 valence electrons. The molecule has 0 bridgehead atoms. The van der Waals surface area contributed by atoms with Gasteiger partial charge in [0.05, 0.1) is 6.54 Å². The Morgan fingerprint density at radius 3 is 2.83 bits per heavy atom. The Bertz CT molecular complexity index is 658. The lowest BCUT2D eigenvalue weighted by Gasteiger charge is -2.03. The first-order chi connectivity index (χ1) is 8.53. The van der Waals surface area contributed by atoms with E-state index in [2.05, 4.69) is 14.9 Å². The van der Waals surface area contributed by atoms with Gasteiger partial charge in [0.25, 0.3) is 10.0 Å². The number of furan rings is 1. The van der Waals surface area contributed by atoms with E-state index >= 15 is 0 Å². The number of carbonyl (C=O) groups excluding carboxylic acids is 1. The van der Waals surface area contributed by atoms with Crippen LogP contribution in [0.15, 0.2) is 28.0 Å². The number of aromatic nitrogens is 3. The van der Waals surface area contributed by atoms with E-state index in [1.165, 1.54) is 18.5 Å². The van der Waals surface area contributed by atoms with Gasteiger partial charge in [-0.3, -0.25) is 4.79 Å². The fourth-order valence-electron chi connectivity index (χ4n) is 1.24. The summed E-state index contributed by atoms with van der Waals surface area (Å²) in [6, 6.07) is 2.49. The highest BCUT2D eigenvalue weighted by atomic mass is 32.2. The molecule has 2 aromatic heterocycles. The lowest BCUT2D eigenvalue weighted by Crippen LogP contribution is -2.24.